The van der Waals surface area contributed by atoms with E-state index in [2.05, 4.69) is 17.1 Å². The van der Waals surface area contributed by atoms with Gasteiger partial charge in [0.05, 0.1) is 5.56 Å². The fourth-order valence-corrected chi connectivity index (χ4v) is 1.69. The van der Waals surface area contributed by atoms with E-state index in [4.69, 9.17) is 5.73 Å². The Bertz CT molecular complexity index is 663. The third-order valence-electron chi connectivity index (χ3n) is 2.69. The third-order valence-corrected chi connectivity index (χ3v) is 2.69. The number of amides is 1. The summed E-state index contributed by atoms with van der Waals surface area (Å²) in [5, 5.41) is 2.45. The van der Waals surface area contributed by atoms with Gasteiger partial charge in [0.15, 0.2) is 0 Å². The van der Waals surface area contributed by atoms with Crippen molar-refractivity contribution in [1.29, 1.82) is 0 Å². The number of rotatable bonds is 1. The molecule has 1 amide bonds. The predicted octanol–water partition coefficient (Wildman–Crippen LogP) is 3.16. The van der Waals surface area contributed by atoms with Gasteiger partial charge in [0.2, 0.25) is 0 Å². The van der Waals surface area contributed by atoms with Gasteiger partial charge >= 0.3 is 0 Å². The SMILES string of the molecule is NC(=O)c1ccccc1F.c1ccc2cnccc2c1. The summed E-state index contributed by atoms with van der Waals surface area (Å²) in [5.74, 6) is -1.31. The molecule has 100 valence electrons. The number of pyridine rings is 1. The number of carbonyl (C=O) groups is 1. The maximum atomic E-state index is 12.5. The number of aromatic nitrogens is 1. The van der Waals surface area contributed by atoms with Crippen molar-refractivity contribution < 1.29 is 9.18 Å². The number of hydrogen-bond donors (Lipinski definition) is 1. The van der Waals surface area contributed by atoms with Crippen LogP contribution in [0.3, 0.4) is 0 Å². The highest BCUT2D eigenvalue weighted by molar-refractivity contribution is 5.92. The third kappa shape index (κ3) is 3.38. The van der Waals surface area contributed by atoms with Crippen molar-refractivity contribution >= 4 is 16.7 Å². The van der Waals surface area contributed by atoms with Crippen LogP contribution < -0.4 is 5.73 Å². The molecule has 0 fully saturated rings. The second-order valence-electron chi connectivity index (χ2n) is 4.07. The quantitative estimate of drug-likeness (QED) is 0.737. The molecule has 0 saturated carbocycles. The number of benzene rings is 2. The first-order chi connectivity index (χ1) is 9.68. The van der Waals surface area contributed by atoms with Gasteiger partial charge < -0.3 is 5.73 Å². The molecule has 1 heterocycles. The van der Waals surface area contributed by atoms with E-state index in [1.165, 1.54) is 29.0 Å². The smallest absolute Gasteiger partial charge is 0.251 e. The Morgan fingerprint density at radius 2 is 1.60 bits per heavy atom. The van der Waals surface area contributed by atoms with E-state index in [1.807, 2.05) is 30.6 Å². The van der Waals surface area contributed by atoms with Crippen LogP contribution in [-0.2, 0) is 0 Å². The molecule has 0 unspecified atom stereocenters. The van der Waals surface area contributed by atoms with Crippen LogP contribution in [0.1, 0.15) is 10.4 Å². The predicted molar refractivity (Wildman–Crippen MR) is 76.7 cm³/mol. The standard InChI is InChI=1S/C9H7N.C7H6FNO/c1-2-4-9-7-10-6-5-8(9)3-1;8-6-4-2-1-3-5(6)7(9)10/h1-7H;1-4H,(H2,9,10). The molecule has 0 radical (unpaired) electrons. The van der Waals surface area contributed by atoms with Crippen LogP contribution in [0, 0.1) is 5.82 Å². The second kappa shape index (κ2) is 6.43. The molecule has 0 aliphatic rings. The first kappa shape index (κ1) is 13.7. The van der Waals surface area contributed by atoms with E-state index in [-0.39, 0.29) is 5.56 Å². The van der Waals surface area contributed by atoms with Crippen LogP contribution in [0.2, 0.25) is 0 Å². The molecule has 3 rings (SSSR count). The van der Waals surface area contributed by atoms with Crippen molar-refractivity contribution in [3.05, 3.63) is 78.4 Å². The highest BCUT2D eigenvalue weighted by atomic mass is 19.1. The Morgan fingerprint density at radius 1 is 0.950 bits per heavy atom. The normalized spacial score (nSPS) is 9.65. The number of nitrogens with two attached hydrogens (primary N) is 1. The maximum Gasteiger partial charge on any atom is 0.251 e. The van der Waals surface area contributed by atoms with Crippen molar-refractivity contribution in [2.45, 2.75) is 0 Å². The first-order valence-electron chi connectivity index (χ1n) is 6.01. The Kier molecular flexibility index (Phi) is 4.39. The van der Waals surface area contributed by atoms with Crippen LogP contribution >= 0.6 is 0 Å². The van der Waals surface area contributed by atoms with E-state index in [1.54, 1.807) is 6.07 Å². The van der Waals surface area contributed by atoms with Gasteiger partial charge in [-0.1, -0.05) is 36.4 Å². The van der Waals surface area contributed by atoms with Gasteiger partial charge in [-0.3, -0.25) is 9.78 Å². The number of fused-ring (bicyclic) bond motifs is 1. The number of halogens is 1. The fourth-order valence-electron chi connectivity index (χ4n) is 1.69. The molecule has 3 aromatic rings. The van der Waals surface area contributed by atoms with Gasteiger partial charge in [-0.05, 0) is 29.0 Å². The zero-order valence-corrected chi connectivity index (χ0v) is 10.7. The molecule has 0 aliphatic carbocycles. The molecule has 4 heteroatoms. The highest BCUT2D eigenvalue weighted by Crippen LogP contribution is 2.09. The maximum absolute atomic E-state index is 12.5. The van der Waals surface area contributed by atoms with Crippen LogP contribution in [-0.4, -0.2) is 10.9 Å². The van der Waals surface area contributed by atoms with Crippen molar-refractivity contribution in [3.8, 4) is 0 Å². The summed E-state index contributed by atoms with van der Waals surface area (Å²) < 4.78 is 12.5. The fraction of sp³-hybridized carbons (Fsp3) is 0. The molecule has 0 saturated heterocycles. The van der Waals surface area contributed by atoms with Crippen LogP contribution in [0.4, 0.5) is 4.39 Å². The van der Waals surface area contributed by atoms with Crippen molar-refractivity contribution in [2.24, 2.45) is 5.73 Å². The first-order valence-corrected chi connectivity index (χ1v) is 6.01. The molecule has 1 aromatic heterocycles. The molecule has 2 N–H and O–H groups in total. The Hall–Kier alpha value is -2.75. The molecular weight excluding hydrogens is 255 g/mol. The van der Waals surface area contributed by atoms with Gasteiger partial charge in [0, 0.05) is 12.4 Å². The summed E-state index contributed by atoms with van der Waals surface area (Å²) in [4.78, 5) is 14.4. The zero-order valence-electron chi connectivity index (χ0n) is 10.7. The molecule has 0 spiro atoms. The van der Waals surface area contributed by atoms with Gasteiger partial charge in [0.1, 0.15) is 5.82 Å². The summed E-state index contributed by atoms with van der Waals surface area (Å²) in [7, 11) is 0. The van der Waals surface area contributed by atoms with E-state index in [0.717, 1.165) is 0 Å². The lowest BCUT2D eigenvalue weighted by Gasteiger charge is -1.94. The number of primary amides is 1. The lowest BCUT2D eigenvalue weighted by atomic mass is 10.2. The van der Waals surface area contributed by atoms with E-state index >= 15 is 0 Å². The zero-order chi connectivity index (χ0) is 14.4. The molecule has 2 aromatic carbocycles. The van der Waals surface area contributed by atoms with Gasteiger partial charge in [-0.2, -0.15) is 0 Å². The van der Waals surface area contributed by atoms with E-state index < -0.39 is 11.7 Å². The van der Waals surface area contributed by atoms with Gasteiger partial charge in [0.25, 0.3) is 5.91 Å². The molecule has 0 atom stereocenters. The minimum absolute atomic E-state index is 0.0671. The average molecular weight is 268 g/mol. The van der Waals surface area contributed by atoms with Crippen LogP contribution in [0.5, 0.6) is 0 Å². The monoisotopic (exact) mass is 268 g/mol. The minimum atomic E-state index is -0.738. The number of hydrogen-bond acceptors (Lipinski definition) is 2. The molecule has 3 nitrogen and oxygen atoms in total. The summed E-state index contributed by atoms with van der Waals surface area (Å²) in [6.45, 7) is 0. The lowest BCUT2D eigenvalue weighted by molar-refractivity contribution is 0.0996. The van der Waals surface area contributed by atoms with Crippen molar-refractivity contribution in [1.82, 2.24) is 4.98 Å². The van der Waals surface area contributed by atoms with Crippen molar-refractivity contribution in [2.75, 3.05) is 0 Å². The minimum Gasteiger partial charge on any atom is -0.366 e. The van der Waals surface area contributed by atoms with E-state index in [0.29, 0.717) is 0 Å². The van der Waals surface area contributed by atoms with E-state index in [9.17, 15) is 9.18 Å². The summed E-state index contributed by atoms with van der Waals surface area (Å²) in [5.41, 5.74) is 4.77. The molecule has 20 heavy (non-hydrogen) atoms. The van der Waals surface area contributed by atoms with Gasteiger partial charge in [-0.25, -0.2) is 4.39 Å². The van der Waals surface area contributed by atoms with Crippen LogP contribution in [0.15, 0.2) is 67.0 Å². The van der Waals surface area contributed by atoms with Gasteiger partial charge in [-0.15, -0.1) is 0 Å². The molecule has 0 bridgehead atoms. The summed E-state index contributed by atoms with van der Waals surface area (Å²) in [6.07, 6.45) is 3.68. The lowest BCUT2D eigenvalue weighted by Crippen LogP contribution is -2.12. The number of carbonyl (C=O) groups excluding carboxylic acids is 1. The summed E-state index contributed by atoms with van der Waals surface area (Å²) in [6, 6.07) is 15.8. The summed E-state index contributed by atoms with van der Waals surface area (Å²) >= 11 is 0. The topological polar surface area (TPSA) is 56.0 Å². The average Bonchev–Trinajstić information content (AvgIpc) is 2.48. The molecular formula is C16H13FN2O. The highest BCUT2D eigenvalue weighted by Gasteiger charge is 2.04. The molecule has 0 aliphatic heterocycles. The van der Waals surface area contributed by atoms with Crippen LogP contribution in [0.25, 0.3) is 10.8 Å². The number of nitrogens with zero attached hydrogens (tertiary/aromatic N) is 1. The second-order valence-corrected chi connectivity index (χ2v) is 4.07. The largest absolute Gasteiger partial charge is 0.366 e. The Balaban J connectivity index is 0.000000147. The Labute approximate surface area is 115 Å². The Morgan fingerprint density at radius 3 is 2.20 bits per heavy atom. The van der Waals surface area contributed by atoms with Crippen molar-refractivity contribution in [3.63, 3.8) is 0 Å².